The summed E-state index contributed by atoms with van der Waals surface area (Å²) in [5, 5.41) is 7.36. The van der Waals surface area contributed by atoms with E-state index in [1.165, 1.54) is 5.39 Å². The molecule has 6 aromatic rings. The van der Waals surface area contributed by atoms with Gasteiger partial charge < -0.3 is 9.97 Å². The fourth-order valence-corrected chi connectivity index (χ4v) is 4.29. The largest absolute Gasteiger partial charge is 0.354 e. The Bertz CT molecular complexity index is 1550. The lowest BCUT2D eigenvalue weighted by Gasteiger charge is -2.10. The van der Waals surface area contributed by atoms with E-state index < -0.39 is 0 Å². The summed E-state index contributed by atoms with van der Waals surface area (Å²) in [5.41, 5.74) is 2.77. The number of pyridine rings is 1. The van der Waals surface area contributed by atoms with Gasteiger partial charge in [0.05, 0.1) is 10.9 Å². The molecule has 0 radical (unpaired) electrons. The van der Waals surface area contributed by atoms with Crippen LogP contribution in [0.4, 0.5) is 0 Å². The number of para-hydroxylation sites is 2. The summed E-state index contributed by atoms with van der Waals surface area (Å²) in [6.45, 7) is 0. The molecule has 0 saturated heterocycles. The first-order chi connectivity index (χ1) is 12.8. The molecule has 0 unspecified atom stereocenters. The normalized spacial score (nSPS) is 12.0. The quantitative estimate of drug-likeness (QED) is 0.356. The molecule has 2 aromatic heterocycles. The van der Waals surface area contributed by atoms with E-state index in [0.717, 1.165) is 48.9 Å². The zero-order chi connectivity index (χ0) is 17.3. The molecular weight excluding hydrogens is 320 g/mol. The Labute approximate surface area is 147 Å². The van der Waals surface area contributed by atoms with Gasteiger partial charge in [0, 0.05) is 32.6 Å². The van der Waals surface area contributed by atoms with E-state index in [0.29, 0.717) is 0 Å². The van der Waals surface area contributed by atoms with Crippen LogP contribution in [0.3, 0.4) is 0 Å². The third kappa shape index (κ3) is 1.60. The second kappa shape index (κ2) is 4.73. The van der Waals surface area contributed by atoms with Crippen molar-refractivity contribution in [2.45, 2.75) is 0 Å². The monoisotopic (exact) mass is 334 g/mol. The van der Waals surface area contributed by atoms with Crippen molar-refractivity contribution < 1.29 is 0 Å². The van der Waals surface area contributed by atoms with Crippen LogP contribution >= 0.6 is 0 Å². The minimum Gasteiger partial charge on any atom is -0.354 e. The minimum absolute atomic E-state index is 0.0546. The van der Waals surface area contributed by atoms with Gasteiger partial charge in [0.1, 0.15) is 0 Å². The maximum atomic E-state index is 13.1. The molecule has 3 nitrogen and oxygen atoms in total. The topological polar surface area (TPSA) is 48.6 Å². The highest BCUT2D eigenvalue weighted by Crippen LogP contribution is 2.39. The Kier molecular flexibility index (Phi) is 2.49. The van der Waals surface area contributed by atoms with Gasteiger partial charge in [-0.15, -0.1) is 0 Å². The van der Waals surface area contributed by atoms with E-state index in [9.17, 15) is 4.79 Å². The first-order valence-electron chi connectivity index (χ1n) is 8.69. The summed E-state index contributed by atoms with van der Waals surface area (Å²) in [6.07, 6.45) is 0. The van der Waals surface area contributed by atoms with Gasteiger partial charge in [-0.2, -0.15) is 0 Å². The molecule has 2 heterocycles. The van der Waals surface area contributed by atoms with E-state index in [1.54, 1.807) is 0 Å². The molecule has 0 spiro atoms. The second-order valence-corrected chi connectivity index (χ2v) is 6.72. The Morgan fingerprint density at radius 2 is 1.00 bits per heavy atom. The van der Waals surface area contributed by atoms with Crippen LogP contribution in [0.15, 0.2) is 77.6 Å². The summed E-state index contributed by atoms with van der Waals surface area (Å²) < 4.78 is 0. The zero-order valence-electron chi connectivity index (χ0n) is 13.8. The number of aromatic nitrogens is 2. The first kappa shape index (κ1) is 13.7. The summed E-state index contributed by atoms with van der Waals surface area (Å²) in [4.78, 5) is 19.6. The highest BCUT2D eigenvalue weighted by atomic mass is 16.1. The number of hydrogen-bond donors (Lipinski definition) is 2. The SMILES string of the molecule is O=c1[nH]c2ccccc2c2c3ccccc3c3c4ccccc4[nH]c3c12. The molecule has 6 rings (SSSR count). The average molecular weight is 334 g/mol. The predicted octanol–water partition coefficient (Wildman–Crippen LogP) is 5.47. The molecule has 0 saturated carbocycles. The molecule has 122 valence electrons. The van der Waals surface area contributed by atoms with Crippen molar-refractivity contribution in [2.75, 3.05) is 0 Å². The van der Waals surface area contributed by atoms with E-state index in [1.807, 2.05) is 36.4 Å². The van der Waals surface area contributed by atoms with Gasteiger partial charge in [0.2, 0.25) is 0 Å². The molecule has 4 aromatic carbocycles. The molecule has 2 N–H and O–H groups in total. The van der Waals surface area contributed by atoms with Crippen LogP contribution in [0.2, 0.25) is 0 Å². The first-order valence-corrected chi connectivity index (χ1v) is 8.69. The maximum absolute atomic E-state index is 13.1. The fourth-order valence-electron chi connectivity index (χ4n) is 4.29. The number of benzene rings is 4. The highest BCUT2D eigenvalue weighted by Gasteiger charge is 2.17. The van der Waals surface area contributed by atoms with Crippen LogP contribution in [-0.4, -0.2) is 9.97 Å². The fraction of sp³-hybridized carbons (Fsp3) is 0. The molecule has 0 fully saturated rings. The van der Waals surface area contributed by atoms with Gasteiger partial charge in [0.25, 0.3) is 5.56 Å². The average Bonchev–Trinajstić information content (AvgIpc) is 3.07. The van der Waals surface area contributed by atoms with Crippen molar-refractivity contribution in [1.29, 1.82) is 0 Å². The smallest absolute Gasteiger partial charge is 0.258 e. The molecule has 0 aliphatic carbocycles. The molecule has 3 heteroatoms. The maximum Gasteiger partial charge on any atom is 0.258 e. The molecule has 0 amide bonds. The third-order valence-corrected chi connectivity index (χ3v) is 5.34. The lowest BCUT2D eigenvalue weighted by molar-refractivity contribution is 1.35. The summed E-state index contributed by atoms with van der Waals surface area (Å²) >= 11 is 0. The van der Waals surface area contributed by atoms with E-state index in [4.69, 9.17) is 0 Å². The highest BCUT2D eigenvalue weighted by molar-refractivity contribution is 6.34. The number of H-pyrrole nitrogens is 2. The zero-order valence-corrected chi connectivity index (χ0v) is 13.8. The third-order valence-electron chi connectivity index (χ3n) is 5.34. The molecule has 0 atom stereocenters. The van der Waals surface area contributed by atoms with Gasteiger partial charge in [-0.1, -0.05) is 60.7 Å². The predicted molar refractivity (Wildman–Crippen MR) is 109 cm³/mol. The Morgan fingerprint density at radius 1 is 0.500 bits per heavy atom. The van der Waals surface area contributed by atoms with E-state index >= 15 is 0 Å². The Morgan fingerprint density at radius 3 is 1.69 bits per heavy atom. The number of nitrogens with one attached hydrogen (secondary N) is 2. The summed E-state index contributed by atoms with van der Waals surface area (Å²) in [6, 6.07) is 24.6. The molecule has 0 aliphatic rings. The summed E-state index contributed by atoms with van der Waals surface area (Å²) in [7, 11) is 0. The Balaban J connectivity index is 2.10. The van der Waals surface area contributed by atoms with Crippen LogP contribution < -0.4 is 5.56 Å². The number of rotatable bonds is 0. The van der Waals surface area contributed by atoms with Crippen LogP contribution in [0, 0.1) is 0 Å². The van der Waals surface area contributed by atoms with Crippen LogP contribution in [0.25, 0.3) is 54.3 Å². The number of aromatic amines is 2. The lowest BCUT2D eigenvalue weighted by atomic mass is 9.95. The number of fused-ring (bicyclic) bond motifs is 10. The van der Waals surface area contributed by atoms with Gasteiger partial charge in [-0.3, -0.25) is 4.79 Å². The Hall–Kier alpha value is -3.59. The van der Waals surface area contributed by atoms with Crippen molar-refractivity contribution >= 4 is 54.3 Å². The molecular formula is C23H14N2O. The van der Waals surface area contributed by atoms with Crippen molar-refractivity contribution in [3.05, 3.63) is 83.2 Å². The van der Waals surface area contributed by atoms with Gasteiger partial charge >= 0.3 is 0 Å². The van der Waals surface area contributed by atoms with Crippen LogP contribution in [-0.2, 0) is 0 Å². The van der Waals surface area contributed by atoms with E-state index in [-0.39, 0.29) is 5.56 Å². The van der Waals surface area contributed by atoms with Crippen molar-refractivity contribution in [3.63, 3.8) is 0 Å². The van der Waals surface area contributed by atoms with Crippen molar-refractivity contribution in [3.8, 4) is 0 Å². The van der Waals surface area contributed by atoms with Gasteiger partial charge in [-0.25, -0.2) is 0 Å². The second-order valence-electron chi connectivity index (χ2n) is 6.72. The van der Waals surface area contributed by atoms with Gasteiger partial charge in [0.15, 0.2) is 0 Å². The van der Waals surface area contributed by atoms with Gasteiger partial charge in [-0.05, 0) is 22.9 Å². The van der Waals surface area contributed by atoms with Crippen LogP contribution in [0.1, 0.15) is 0 Å². The number of hydrogen-bond acceptors (Lipinski definition) is 1. The van der Waals surface area contributed by atoms with Crippen molar-refractivity contribution in [2.24, 2.45) is 0 Å². The lowest BCUT2D eigenvalue weighted by Crippen LogP contribution is -2.07. The van der Waals surface area contributed by atoms with Crippen molar-refractivity contribution in [1.82, 2.24) is 9.97 Å². The molecule has 0 bridgehead atoms. The molecule has 26 heavy (non-hydrogen) atoms. The van der Waals surface area contributed by atoms with E-state index in [2.05, 4.69) is 46.4 Å². The summed E-state index contributed by atoms with van der Waals surface area (Å²) in [5.74, 6) is 0. The minimum atomic E-state index is -0.0546. The molecule has 0 aliphatic heterocycles. The standard InChI is InChI=1S/C23H14N2O/c26-23-21-19(15-9-3-6-12-18(15)25-23)13-7-1-2-8-14(13)20-16-10-4-5-11-17(16)24-22(20)21/h1-12,24H,(H,25,26). The van der Waals surface area contributed by atoms with Crippen LogP contribution in [0.5, 0.6) is 0 Å².